The Labute approximate surface area is 190 Å². The molecule has 0 saturated carbocycles. The van der Waals surface area contributed by atoms with Crippen molar-refractivity contribution in [1.82, 2.24) is 14.9 Å². The number of ether oxygens (including phenoxy) is 1. The van der Waals surface area contributed by atoms with Gasteiger partial charge in [0.1, 0.15) is 4.83 Å². The van der Waals surface area contributed by atoms with Crippen molar-refractivity contribution in [1.29, 1.82) is 0 Å². The Morgan fingerprint density at radius 3 is 2.97 bits per heavy atom. The fourth-order valence-electron chi connectivity index (χ4n) is 4.07. The SMILES string of the molecule is COCCn1c(SCC(=O)NC2CCCc3ccccc32)nc2sc(C)c(C)c2c1=O. The largest absolute Gasteiger partial charge is 0.383 e. The summed E-state index contributed by atoms with van der Waals surface area (Å²) >= 11 is 2.84. The lowest BCUT2D eigenvalue weighted by Crippen LogP contribution is -2.32. The van der Waals surface area contributed by atoms with E-state index in [0.29, 0.717) is 23.7 Å². The number of benzene rings is 1. The predicted octanol–water partition coefficient (Wildman–Crippen LogP) is 4.01. The number of aryl methyl sites for hydroxylation is 3. The quantitative estimate of drug-likeness (QED) is 0.429. The van der Waals surface area contributed by atoms with Crippen LogP contribution in [-0.2, 0) is 22.5 Å². The summed E-state index contributed by atoms with van der Waals surface area (Å²) < 4.78 is 6.83. The van der Waals surface area contributed by atoms with Crippen molar-refractivity contribution >= 4 is 39.2 Å². The number of thiophene rings is 1. The van der Waals surface area contributed by atoms with Gasteiger partial charge in [0, 0.05) is 12.0 Å². The molecule has 1 aliphatic carbocycles. The summed E-state index contributed by atoms with van der Waals surface area (Å²) in [6.45, 7) is 4.78. The molecule has 4 rings (SSSR count). The zero-order valence-electron chi connectivity index (χ0n) is 18.1. The van der Waals surface area contributed by atoms with Crippen molar-refractivity contribution in [3.8, 4) is 0 Å². The molecule has 1 unspecified atom stereocenters. The van der Waals surface area contributed by atoms with Crippen LogP contribution >= 0.6 is 23.1 Å². The lowest BCUT2D eigenvalue weighted by molar-refractivity contribution is -0.119. The van der Waals surface area contributed by atoms with E-state index in [9.17, 15) is 9.59 Å². The van der Waals surface area contributed by atoms with Gasteiger partial charge < -0.3 is 10.1 Å². The lowest BCUT2D eigenvalue weighted by atomic mass is 9.88. The van der Waals surface area contributed by atoms with Gasteiger partial charge in [0.25, 0.3) is 5.56 Å². The van der Waals surface area contributed by atoms with Crippen LogP contribution in [0.25, 0.3) is 10.2 Å². The number of aromatic nitrogens is 2. The zero-order chi connectivity index (χ0) is 22.0. The standard InChI is InChI=1S/C23H27N3O3S2/c1-14-15(2)31-21-20(14)22(28)26(11-12-29-3)23(25-21)30-13-19(27)24-18-10-6-8-16-7-4-5-9-17(16)18/h4-5,7,9,18H,6,8,10-13H2,1-3H3,(H,24,27). The third kappa shape index (κ3) is 4.56. The van der Waals surface area contributed by atoms with Crippen molar-refractivity contribution in [3.63, 3.8) is 0 Å². The Morgan fingerprint density at radius 1 is 1.35 bits per heavy atom. The number of carbonyl (C=O) groups is 1. The second kappa shape index (κ2) is 9.54. The highest BCUT2D eigenvalue weighted by atomic mass is 32.2. The molecule has 164 valence electrons. The fraction of sp³-hybridized carbons (Fsp3) is 0.435. The number of nitrogens with one attached hydrogen (secondary N) is 1. The summed E-state index contributed by atoms with van der Waals surface area (Å²) in [5.74, 6) is 0.172. The molecule has 2 aromatic heterocycles. The highest BCUT2D eigenvalue weighted by Crippen LogP contribution is 2.30. The molecule has 0 bridgehead atoms. The topological polar surface area (TPSA) is 73.2 Å². The minimum atomic E-state index is -0.0620. The van der Waals surface area contributed by atoms with E-state index >= 15 is 0 Å². The van der Waals surface area contributed by atoms with Gasteiger partial charge in [0.05, 0.1) is 30.3 Å². The smallest absolute Gasteiger partial charge is 0.263 e. The van der Waals surface area contributed by atoms with Crippen LogP contribution in [-0.4, -0.2) is 34.9 Å². The maximum absolute atomic E-state index is 13.1. The molecule has 6 nitrogen and oxygen atoms in total. The maximum Gasteiger partial charge on any atom is 0.263 e. The first kappa shape index (κ1) is 22.0. The van der Waals surface area contributed by atoms with E-state index in [2.05, 4.69) is 17.4 Å². The van der Waals surface area contributed by atoms with E-state index in [-0.39, 0.29) is 23.3 Å². The second-order valence-electron chi connectivity index (χ2n) is 7.81. The van der Waals surface area contributed by atoms with Crippen LogP contribution in [0.2, 0.25) is 0 Å². The number of thioether (sulfide) groups is 1. The molecule has 31 heavy (non-hydrogen) atoms. The monoisotopic (exact) mass is 457 g/mol. The highest BCUT2D eigenvalue weighted by molar-refractivity contribution is 7.99. The van der Waals surface area contributed by atoms with Gasteiger partial charge in [-0.3, -0.25) is 14.2 Å². The maximum atomic E-state index is 13.1. The molecule has 1 amide bonds. The Hall–Kier alpha value is -2.16. The molecule has 0 fully saturated rings. The van der Waals surface area contributed by atoms with Crippen LogP contribution in [0.5, 0.6) is 0 Å². The second-order valence-corrected chi connectivity index (χ2v) is 9.95. The van der Waals surface area contributed by atoms with Crippen molar-refractivity contribution in [2.75, 3.05) is 19.5 Å². The van der Waals surface area contributed by atoms with Crippen LogP contribution in [0.4, 0.5) is 0 Å². The number of amides is 1. The molecule has 0 radical (unpaired) electrons. The molecule has 2 heterocycles. The fourth-order valence-corrected chi connectivity index (χ4v) is 5.98. The van der Waals surface area contributed by atoms with Crippen LogP contribution < -0.4 is 10.9 Å². The summed E-state index contributed by atoms with van der Waals surface area (Å²) in [5, 5.41) is 4.41. The van der Waals surface area contributed by atoms with E-state index in [0.717, 1.165) is 34.5 Å². The molecule has 1 aliphatic rings. The molecule has 1 aromatic carbocycles. The van der Waals surface area contributed by atoms with Gasteiger partial charge in [-0.2, -0.15) is 0 Å². The summed E-state index contributed by atoms with van der Waals surface area (Å²) in [6, 6.07) is 8.37. The van der Waals surface area contributed by atoms with Crippen molar-refractivity contribution in [2.45, 2.75) is 50.9 Å². The third-order valence-electron chi connectivity index (χ3n) is 5.81. The Bertz CT molecular complexity index is 1170. The van der Waals surface area contributed by atoms with Crippen molar-refractivity contribution < 1.29 is 9.53 Å². The van der Waals surface area contributed by atoms with Gasteiger partial charge >= 0.3 is 0 Å². The first-order chi connectivity index (χ1) is 15.0. The molecular weight excluding hydrogens is 430 g/mol. The summed E-state index contributed by atoms with van der Waals surface area (Å²) in [4.78, 5) is 32.5. The predicted molar refractivity (Wildman–Crippen MR) is 126 cm³/mol. The third-order valence-corrected chi connectivity index (χ3v) is 7.89. The molecule has 0 spiro atoms. The lowest BCUT2D eigenvalue weighted by Gasteiger charge is -2.26. The van der Waals surface area contributed by atoms with Crippen LogP contribution in [0.15, 0.2) is 34.2 Å². The van der Waals surface area contributed by atoms with E-state index in [1.54, 1.807) is 11.7 Å². The Kier molecular flexibility index (Phi) is 6.79. The normalized spacial score (nSPS) is 15.8. The molecule has 1 atom stereocenters. The Balaban J connectivity index is 1.53. The van der Waals surface area contributed by atoms with E-state index in [1.807, 2.05) is 26.0 Å². The van der Waals surface area contributed by atoms with Gasteiger partial charge in [0.2, 0.25) is 5.91 Å². The average molecular weight is 458 g/mol. The van der Waals surface area contributed by atoms with E-state index in [4.69, 9.17) is 9.72 Å². The number of carbonyl (C=O) groups excluding carboxylic acids is 1. The van der Waals surface area contributed by atoms with Gasteiger partial charge in [-0.25, -0.2) is 4.98 Å². The summed E-state index contributed by atoms with van der Waals surface area (Å²) in [5.41, 5.74) is 3.45. The number of methoxy groups -OCH3 is 1. The van der Waals surface area contributed by atoms with E-state index in [1.165, 1.54) is 34.2 Å². The summed E-state index contributed by atoms with van der Waals surface area (Å²) in [7, 11) is 1.61. The van der Waals surface area contributed by atoms with Gasteiger partial charge in [0.15, 0.2) is 5.16 Å². The molecule has 8 heteroatoms. The van der Waals surface area contributed by atoms with E-state index < -0.39 is 0 Å². The number of hydrogen-bond donors (Lipinski definition) is 1. The van der Waals surface area contributed by atoms with Gasteiger partial charge in [-0.1, -0.05) is 36.0 Å². The molecule has 1 N–H and O–H groups in total. The highest BCUT2D eigenvalue weighted by Gasteiger charge is 2.22. The number of hydrogen-bond acceptors (Lipinski definition) is 6. The molecule has 3 aromatic rings. The van der Waals surface area contributed by atoms with Crippen molar-refractivity contribution in [2.24, 2.45) is 0 Å². The first-order valence-electron chi connectivity index (χ1n) is 10.5. The minimum absolute atomic E-state index is 0.0436. The van der Waals surface area contributed by atoms with Crippen LogP contribution in [0.3, 0.4) is 0 Å². The zero-order valence-corrected chi connectivity index (χ0v) is 19.7. The van der Waals surface area contributed by atoms with Crippen LogP contribution in [0, 0.1) is 13.8 Å². The number of rotatable bonds is 7. The average Bonchev–Trinajstić information content (AvgIpc) is 3.05. The Morgan fingerprint density at radius 2 is 2.16 bits per heavy atom. The minimum Gasteiger partial charge on any atom is -0.383 e. The van der Waals surface area contributed by atoms with Crippen LogP contribution in [0.1, 0.15) is 40.5 Å². The number of fused-ring (bicyclic) bond motifs is 2. The molecule has 0 saturated heterocycles. The van der Waals surface area contributed by atoms with Crippen molar-refractivity contribution in [3.05, 3.63) is 56.2 Å². The van der Waals surface area contributed by atoms with Gasteiger partial charge in [-0.05, 0) is 49.8 Å². The summed E-state index contributed by atoms with van der Waals surface area (Å²) in [6.07, 6.45) is 3.08. The molecular formula is C23H27N3O3S2. The van der Waals surface area contributed by atoms with Gasteiger partial charge in [-0.15, -0.1) is 11.3 Å². The number of nitrogens with zero attached hydrogens (tertiary/aromatic N) is 2. The molecule has 0 aliphatic heterocycles. The first-order valence-corrected chi connectivity index (χ1v) is 12.3.